The summed E-state index contributed by atoms with van der Waals surface area (Å²) in [7, 11) is 1.30. The Morgan fingerprint density at radius 1 is 1.02 bits per heavy atom. The number of aromatic amines is 2. The highest BCUT2D eigenvalue weighted by atomic mass is 32.1. The van der Waals surface area contributed by atoms with Gasteiger partial charge in [0.2, 0.25) is 0 Å². The minimum absolute atomic E-state index is 0.00295. The van der Waals surface area contributed by atoms with Crippen molar-refractivity contribution in [2.75, 3.05) is 20.2 Å². The predicted molar refractivity (Wildman–Crippen MR) is 203 cm³/mol. The van der Waals surface area contributed by atoms with Gasteiger partial charge in [-0.05, 0) is 51.5 Å². The van der Waals surface area contributed by atoms with E-state index in [0.29, 0.717) is 19.5 Å². The molecule has 4 aromatic heterocycles. The van der Waals surface area contributed by atoms with E-state index in [2.05, 4.69) is 55.6 Å². The van der Waals surface area contributed by atoms with Crippen molar-refractivity contribution in [3.05, 3.63) is 59.1 Å². The first-order valence-electron chi connectivity index (χ1n) is 17.7. The largest absolute Gasteiger partial charge is 0.453 e. The summed E-state index contributed by atoms with van der Waals surface area (Å²) in [5.41, 5.74) is 5.65. The number of hydrogen-bond donors (Lipinski definition) is 4. The molecule has 7 rings (SSSR count). The van der Waals surface area contributed by atoms with Gasteiger partial charge in [-0.1, -0.05) is 38.1 Å². The number of hydrogen-bond acceptors (Lipinski definition) is 10. The molecule has 5 aromatic rings. The molecule has 4 unspecified atom stereocenters. The van der Waals surface area contributed by atoms with Crippen LogP contribution in [0, 0.1) is 11.8 Å². The maximum atomic E-state index is 13.3. The fourth-order valence-electron chi connectivity index (χ4n) is 7.09. The molecule has 14 heteroatoms. The average Bonchev–Trinajstić information content (AvgIpc) is 3.95. The number of thiophene rings is 2. The maximum absolute atomic E-state index is 13.3. The SMILES string of the molecule is COC(=O)NC(C(=O)C1CNC(c2nc(-c3ccc(-c4csc5c(-c6cnc(C7CCCN7C(=O)OC(C)(C)C)[nH]6)csc45)cc3)c[nH]2)C1)C(C)C. The number of carbonyl (C=O) groups is 3. The van der Waals surface area contributed by atoms with Crippen molar-refractivity contribution in [3.63, 3.8) is 0 Å². The molecule has 1 aromatic carbocycles. The number of fused-ring (bicyclic) bond motifs is 1. The van der Waals surface area contributed by atoms with Gasteiger partial charge < -0.3 is 30.1 Å². The van der Waals surface area contributed by atoms with Crippen molar-refractivity contribution in [2.24, 2.45) is 11.8 Å². The Morgan fingerprint density at radius 2 is 1.73 bits per heavy atom. The van der Waals surface area contributed by atoms with E-state index in [0.717, 1.165) is 52.6 Å². The summed E-state index contributed by atoms with van der Waals surface area (Å²) in [6.07, 6.45) is 5.23. The Balaban J connectivity index is 1.02. The molecule has 52 heavy (non-hydrogen) atoms. The number of benzene rings is 1. The van der Waals surface area contributed by atoms with E-state index in [9.17, 15) is 14.4 Å². The lowest BCUT2D eigenvalue weighted by Crippen LogP contribution is -2.47. The number of rotatable bonds is 9. The Kier molecular flexibility index (Phi) is 9.98. The van der Waals surface area contributed by atoms with Crippen LogP contribution >= 0.6 is 22.7 Å². The summed E-state index contributed by atoms with van der Waals surface area (Å²) in [6.45, 7) is 10.7. The highest BCUT2D eigenvalue weighted by molar-refractivity contribution is 7.27. The lowest BCUT2D eigenvalue weighted by molar-refractivity contribution is -0.125. The third-order valence-corrected chi connectivity index (χ3v) is 11.9. The number of methoxy groups -OCH3 is 1. The summed E-state index contributed by atoms with van der Waals surface area (Å²) < 4.78 is 12.8. The van der Waals surface area contributed by atoms with Gasteiger partial charge in [-0.2, -0.15) is 0 Å². The monoisotopic (exact) mass is 743 g/mol. The third kappa shape index (κ3) is 7.24. The molecule has 0 radical (unpaired) electrons. The normalized spacial score (nSPS) is 19.8. The second kappa shape index (κ2) is 14.5. The van der Waals surface area contributed by atoms with Crippen LogP contribution in [0.4, 0.5) is 9.59 Å². The van der Waals surface area contributed by atoms with Gasteiger partial charge in [0.05, 0.1) is 52.2 Å². The summed E-state index contributed by atoms with van der Waals surface area (Å²) in [4.78, 5) is 56.2. The second-order valence-electron chi connectivity index (χ2n) is 14.9. The zero-order valence-corrected chi connectivity index (χ0v) is 31.9. The Labute approximate surface area is 310 Å². The van der Waals surface area contributed by atoms with Gasteiger partial charge in [0.1, 0.15) is 17.2 Å². The van der Waals surface area contributed by atoms with Gasteiger partial charge in [0, 0.05) is 52.7 Å². The number of ketones is 1. The quantitative estimate of drug-likeness (QED) is 0.118. The van der Waals surface area contributed by atoms with E-state index in [4.69, 9.17) is 19.4 Å². The number of amides is 2. The number of ether oxygens (including phenoxy) is 2. The molecule has 6 heterocycles. The van der Waals surface area contributed by atoms with E-state index >= 15 is 0 Å². The van der Waals surface area contributed by atoms with Gasteiger partial charge in [-0.3, -0.25) is 9.69 Å². The number of nitrogens with zero attached hydrogens (tertiary/aromatic N) is 3. The summed E-state index contributed by atoms with van der Waals surface area (Å²) in [5.74, 6) is 1.29. The van der Waals surface area contributed by atoms with Gasteiger partial charge in [0.15, 0.2) is 5.78 Å². The molecule has 12 nitrogen and oxygen atoms in total. The number of H-pyrrole nitrogens is 2. The minimum Gasteiger partial charge on any atom is -0.453 e. The van der Waals surface area contributed by atoms with Crippen LogP contribution in [-0.4, -0.2) is 74.6 Å². The molecule has 2 fully saturated rings. The molecular formula is C38H45N7O5S2. The summed E-state index contributed by atoms with van der Waals surface area (Å²) >= 11 is 3.44. The maximum Gasteiger partial charge on any atom is 0.410 e. The van der Waals surface area contributed by atoms with Crippen LogP contribution in [0.3, 0.4) is 0 Å². The molecule has 2 aliphatic rings. The van der Waals surface area contributed by atoms with Gasteiger partial charge >= 0.3 is 12.2 Å². The van der Waals surface area contributed by atoms with Crippen molar-refractivity contribution in [2.45, 2.75) is 77.6 Å². The van der Waals surface area contributed by atoms with Gasteiger partial charge in [0.25, 0.3) is 0 Å². The first-order valence-corrected chi connectivity index (χ1v) is 19.5. The lowest BCUT2D eigenvalue weighted by Gasteiger charge is -2.27. The number of carbonyl (C=O) groups excluding carboxylic acids is 3. The molecule has 2 aliphatic heterocycles. The van der Waals surface area contributed by atoms with Crippen LogP contribution in [0.5, 0.6) is 0 Å². The van der Waals surface area contributed by atoms with Crippen molar-refractivity contribution < 1.29 is 23.9 Å². The van der Waals surface area contributed by atoms with Crippen molar-refractivity contribution in [1.29, 1.82) is 0 Å². The smallest absolute Gasteiger partial charge is 0.410 e. The first-order chi connectivity index (χ1) is 24.9. The first kappa shape index (κ1) is 35.9. The van der Waals surface area contributed by atoms with Crippen LogP contribution in [-0.2, 0) is 14.3 Å². The number of Topliss-reactive ketones (excluding diaryl/α,β-unsaturated/α-hetero) is 1. The zero-order valence-electron chi connectivity index (χ0n) is 30.2. The summed E-state index contributed by atoms with van der Waals surface area (Å²) in [5, 5.41) is 10.5. The van der Waals surface area contributed by atoms with Crippen molar-refractivity contribution >= 4 is 50.0 Å². The molecule has 2 saturated heterocycles. The van der Waals surface area contributed by atoms with Crippen molar-refractivity contribution in [1.82, 2.24) is 35.5 Å². The van der Waals surface area contributed by atoms with Crippen molar-refractivity contribution in [3.8, 4) is 33.6 Å². The van der Waals surface area contributed by atoms with Gasteiger partial charge in [-0.15, -0.1) is 22.7 Å². The van der Waals surface area contributed by atoms with Gasteiger partial charge in [-0.25, -0.2) is 19.6 Å². The number of imidazole rings is 2. The number of nitrogens with one attached hydrogen (secondary N) is 4. The highest BCUT2D eigenvalue weighted by Gasteiger charge is 2.38. The molecule has 0 aliphatic carbocycles. The molecule has 4 N–H and O–H groups in total. The van der Waals surface area contributed by atoms with E-state index < -0.39 is 17.7 Å². The van der Waals surface area contributed by atoms with E-state index in [-0.39, 0.29) is 35.8 Å². The Hall–Kier alpha value is -4.53. The number of alkyl carbamates (subject to hydrolysis) is 1. The average molecular weight is 744 g/mol. The van der Waals surface area contributed by atoms with E-state index in [1.165, 1.54) is 22.1 Å². The molecule has 2 amide bonds. The fourth-order valence-corrected chi connectivity index (χ4v) is 9.53. The zero-order chi connectivity index (χ0) is 36.7. The van der Waals surface area contributed by atoms with Crippen LogP contribution < -0.4 is 10.6 Å². The molecule has 0 bridgehead atoms. The standard InChI is InChI=1S/C38H45N7O5S2/c1-20(2)30(44-36(47)49-6)31(46)23-14-26(39-15-23)34-40-16-27(42-34)22-11-9-21(10-12-22)24-18-51-33-25(19-52-32(24)33)28-17-41-35(43-28)29-8-7-13-45(29)37(48)50-38(3,4)5/h9-12,16-20,23,26,29-30,39H,7-8,13-15H2,1-6H3,(H,40,42)(H,41,43)(H,44,47). The Bertz CT molecular complexity index is 2070. The molecule has 0 saturated carbocycles. The fraction of sp³-hybridized carbons (Fsp3) is 0.447. The molecule has 0 spiro atoms. The third-order valence-electron chi connectivity index (χ3n) is 9.75. The van der Waals surface area contributed by atoms with Crippen LogP contribution in [0.2, 0.25) is 0 Å². The van der Waals surface area contributed by atoms with Crippen LogP contribution in [0.15, 0.2) is 47.4 Å². The lowest BCUT2D eigenvalue weighted by atomic mass is 9.89. The predicted octanol–water partition coefficient (Wildman–Crippen LogP) is 8.08. The Morgan fingerprint density at radius 3 is 2.44 bits per heavy atom. The molecular weight excluding hydrogens is 699 g/mol. The van der Waals surface area contributed by atoms with Crippen LogP contribution in [0.25, 0.3) is 43.0 Å². The number of aromatic nitrogens is 4. The van der Waals surface area contributed by atoms with E-state index in [1.54, 1.807) is 27.6 Å². The minimum atomic E-state index is -0.604. The summed E-state index contributed by atoms with van der Waals surface area (Å²) in [6, 6.07) is 7.62. The highest BCUT2D eigenvalue weighted by Crippen LogP contribution is 2.44. The topological polar surface area (TPSA) is 154 Å². The number of likely N-dealkylation sites (tertiary alicyclic amines) is 1. The molecule has 4 atom stereocenters. The molecule has 274 valence electrons. The second-order valence-corrected chi connectivity index (χ2v) is 16.6. The van der Waals surface area contributed by atoms with Crippen LogP contribution in [0.1, 0.15) is 77.6 Å². The van der Waals surface area contributed by atoms with E-state index in [1.807, 2.05) is 47.0 Å².